The first-order valence-electron chi connectivity index (χ1n) is 25.6. The number of hydrogen-bond donors (Lipinski definition) is 1. The van der Waals surface area contributed by atoms with Crippen LogP contribution in [0.3, 0.4) is 0 Å². The quantitative estimate of drug-likeness (QED) is 0.174. The molecular formula is C66H67BN2. The molecule has 12 rings (SSSR count). The predicted octanol–water partition coefficient (Wildman–Crippen LogP) is 16.3. The van der Waals surface area contributed by atoms with Crippen LogP contribution in [0.2, 0.25) is 0 Å². The fraction of sp³-hybridized carbons (Fsp3) is 0.303. The standard InChI is InChI=1S/C66H67BN2/c1-38-18-26-43(27-19-38)68-56-36-48-47-34-53-54(65(10,11)31-30-64(53,8)9)37-52(47)66(12,13)51(48)35-49(56)50-33-46(40-20-23-41(24-21-40)62(2,3)4)58-45-28-22-39-16-14-15-17-44(39)60(45)69-57-29-25-42(63(5,6)7)32-55(57)67-59(50)61(58)69/h14-29,32-37,67-68H,30-31H2,1-13H3. The Labute approximate surface area is 411 Å². The lowest BCUT2D eigenvalue weighted by Gasteiger charge is -2.42. The van der Waals surface area contributed by atoms with Crippen LogP contribution in [0.5, 0.6) is 0 Å². The van der Waals surface area contributed by atoms with Crippen molar-refractivity contribution in [3.05, 3.63) is 172 Å². The Morgan fingerprint density at radius 3 is 1.84 bits per heavy atom. The Balaban J connectivity index is 1.22. The van der Waals surface area contributed by atoms with Crippen molar-refractivity contribution in [3.8, 4) is 39.1 Å². The number of benzene rings is 8. The van der Waals surface area contributed by atoms with Gasteiger partial charge >= 0.3 is 0 Å². The SMILES string of the molecule is Cc1ccc(Nc2cc3c(cc2-c2cc(-c4ccc(C(C)(C)C)cc4)c4c5ccc6ccccc6c5n5c4c2Bc2cc(C(C)(C)C)ccc2-5)C(C)(C)c2cc4c(cc2-3)C(C)(C)CCC4(C)C)cc1. The van der Waals surface area contributed by atoms with Gasteiger partial charge in [0.2, 0.25) is 0 Å². The first-order chi connectivity index (χ1) is 32.6. The van der Waals surface area contributed by atoms with Gasteiger partial charge < -0.3 is 9.88 Å². The molecule has 1 aliphatic heterocycles. The molecule has 0 saturated heterocycles. The van der Waals surface area contributed by atoms with Gasteiger partial charge in [0.15, 0.2) is 7.28 Å². The van der Waals surface area contributed by atoms with E-state index in [-0.39, 0.29) is 27.1 Å². The van der Waals surface area contributed by atoms with Gasteiger partial charge in [-0.1, -0.05) is 185 Å². The third-order valence-corrected chi connectivity index (χ3v) is 17.0. The van der Waals surface area contributed by atoms with E-state index in [0.717, 1.165) is 18.7 Å². The smallest absolute Gasteiger partial charge is 0.198 e. The molecule has 0 atom stereocenters. The number of aryl methyl sites for hydroxylation is 1. The molecule has 344 valence electrons. The van der Waals surface area contributed by atoms with E-state index in [4.69, 9.17) is 0 Å². The molecule has 0 bridgehead atoms. The van der Waals surface area contributed by atoms with Crippen molar-refractivity contribution in [2.45, 2.75) is 130 Å². The maximum Gasteiger partial charge on any atom is 0.198 e. The molecule has 0 spiro atoms. The lowest BCUT2D eigenvalue weighted by atomic mass is 9.58. The highest BCUT2D eigenvalue weighted by Gasteiger charge is 2.43. The second-order valence-corrected chi connectivity index (χ2v) is 25.1. The first kappa shape index (κ1) is 43.9. The zero-order valence-corrected chi connectivity index (χ0v) is 43.3. The number of aromatic nitrogens is 1. The van der Waals surface area contributed by atoms with Gasteiger partial charge in [0.05, 0.1) is 5.52 Å². The molecular weight excluding hydrogens is 832 g/mol. The second kappa shape index (κ2) is 14.6. The Bertz CT molecular complexity index is 3640. The molecule has 2 nitrogen and oxygen atoms in total. The normalized spacial score (nSPS) is 16.2. The minimum atomic E-state index is -0.205. The highest BCUT2D eigenvalue weighted by Crippen LogP contribution is 2.57. The van der Waals surface area contributed by atoms with Gasteiger partial charge in [0.25, 0.3) is 0 Å². The van der Waals surface area contributed by atoms with Crippen LogP contribution < -0.4 is 16.2 Å². The van der Waals surface area contributed by atoms with Crippen molar-refractivity contribution < 1.29 is 0 Å². The highest BCUT2D eigenvalue weighted by atomic mass is 15.0. The van der Waals surface area contributed by atoms with Gasteiger partial charge in [0, 0.05) is 49.7 Å². The summed E-state index contributed by atoms with van der Waals surface area (Å²) < 4.78 is 2.67. The summed E-state index contributed by atoms with van der Waals surface area (Å²) >= 11 is 0. The molecule has 2 heterocycles. The highest BCUT2D eigenvalue weighted by molar-refractivity contribution is 6.73. The fourth-order valence-corrected chi connectivity index (χ4v) is 12.6. The van der Waals surface area contributed by atoms with Crippen LogP contribution in [-0.2, 0) is 27.1 Å². The summed E-state index contributed by atoms with van der Waals surface area (Å²) in [6.45, 7) is 30.9. The molecule has 9 aromatic rings. The van der Waals surface area contributed by atoms with Crippen molar-refractivity contribution in [1.82, 2.24) is 4.57 Å². The van der Waals surface area contributed by atoms with Crippen molar-refractivity contribution >= 4 is 62.2 Å². The van der Waals surface area contributed by atoms with Gasteiger partial charge in [-0.15, -0.1) is 0 Å². The van der Waals surface area contributed by atoms with E-state index in [1.54, 1.807) is 0 Å². The number of fused-ring (bicyclic) bond motifs is 11. The third-order valence-electron chi connectivity index (χ3n) is 17.0. The van der Waals surface area contributed by atoms with Crippen LogP contribution in [0.15, 0.2) is 133 Å². The molecule has 3 heteroatoms. The number of nitrogens with one attached hydrogen (secondary N) is 1. The monoisotopic (exact) mass is 899 g/mol. The summed E-state index contributed by atoms with van der Waals surface area (Å²) in [6, 6.07) is 52.4. The molecule has 0 unspecified atom stereocenters. The van der Waals surface area contributed by atoms with E-state index in [0.29, 0.717) is 0 Å². The van der Waals surface area contributed by atoms with E-state index in [2.05, 4.69) is 233 Å². The van der Waals surface area contributed by atoms with Crippen LogP contribution in [0.1, 0.15) is 135 Å². The maximum absolute atomic E-state index is 4.09. The molecule has 69 heavy (non-hydrogen) atoms. The summed E-state index contributed by atoms with van der Waals surface area (Å²) in [6.07, 6.45) is 2.40. The van der Waals surface area contributed by atoms with Crippen LogP contribution >= 0.6 is 0 Å². The second-order valence-electron chi connectivity index (χ2n) is 25.1. The molecule has 0 saturated carbocycles. The number of anilines is 2. The average molecular weight is 899 g/mol. The fourth-order valence-electron chi connectivity index (χ4n) is 12.6. The predicted molar refractivity (Wildman–Crippen MR) is 300 cm³/mol. The van der Waals surface area contributed by atoms with Gasteiger partial charge in [-0.25, -0.2) is 0 Å². The Kier molecular flexibility index (Phi) is 9.30. The van der Waals surface area contributed by atoms with Crippen molar-refractivity contribution in [3.63, 3.8) is 0 Å². The molecule has 8 aromatic carbocycles. The van der Waals surface area contributed by atoms with Crippen LogP contribution in [0.25, 0.3) is 71.6 Å². The largest absolute Gasteiger partial charge is 0.355 e. The minimum Gasteiger partial charge on any atom is -0.355 e. The zero-order chi connectivity index (χ0) is 48.3. The summed E-state index contributed by atoms with van der Waals surface area (Å²) in [4.78, 5) is 0. The van der Waals surface area contributed by atoms with Gasteiger partial charge in [-0.05, 0) is 156 Å². The third kappa shape index (κ3) is 6.66. The molecule has 0 amide bonds. The maximum atomic E-state index is 4.09. The summed E-state index contributed by atoms with van der Waals surface area (Å²) in [5, 5.41) is 9.27. The van der Waals surface area contributed by atoms with Crippen molar-refractivity contribution in [1.29, 1.82) is 0 Å². The van der Waals surface area contributed by atoms with Gasteiger partial charge in [0.1, 0.15) is 0 Å². The number of rotatable bonds is 4. The molecule has 0 fully saturated rings. The van der Waals surface area contributed by atoms with E-state index in [1.807, 2.05) is 0 Å². The van der Waals surface area contributed by atoms with E-state index in [1.165, 1.54) is 134 Å². The molecule has 1 aromatic heterocycles. The first-order valence-corrected chi connectivity index (χ1v) is 25.6. The van der Waals surface area contributed by atoms with Gasteiger partial charge in [-0.3, -0.25) is 0 Å². The average Bonchev–Trinajstić information content (AvgIpc) is 3.77. The molecule has 1 N–H and O–H groups in total. The van der Waals surface area contributed by atoms with E-state index < -0.39 is 0 Å². The molecule has 2 aliphatic carbocycles. The van der Waals surface area contributed by atoms with Crippen molar-refractivity contribution in [2.24, 2.45) is 0 Å². The van der Waals surface area contributed by atoms with Crippen LogP contribution in [-0.4, -0.2) is 11.8 Å². The van der Waals surface area contributed by atoms with Crippen molar-refractivity contribution in [2.75, 3.05) is 5.32 Å². The number of hydrogen-bond acceptors (Lipinski definition) is 1. The lowest BCUT2D eigenvalue weighted by Crippen LogP contribution is -2.38. The zero-order valence-electron chi connectivity index (χ0n) is 43.3. The Hall–Kier alpha value is -6.32. The molecule has 3 aliphatic rings. The van der Waals surface area contributed by atoms with Crippen LogP contribution in [0.4, 0.5) is 11.4 Å². The number of nitrogens with zero attached hydrogens (tertiary/aromatic N) is 1. The van der Waals surface area contributed by atoms with Gasteiger partial charge in [-0.2, -0.15) is 0 Å². The minimum absolute atomic E-state index is 0.0112. The summed E-state index contributed by atoms with van der Waals surface area (Å²) in [5.74, 6) is 0. The Morgan fingerprint density at radius 2 is 1.14 bits per heavy atom. The van der Waals surface area contributed by atoms with Crippen LogP contribution in [0, 0.1) is 6.92 Å². The lowest BCUT2D eigenvalue weighted by molar-refractivity contribution is 0.331. The van der Waals surface area contributed by atoms with E-state index >= 15 is 0 Å². The summed E-state index contributed by atoms with van der Waals surface area (Å²) in [5.41, 5.74) is 26.7. The Morgan fingerprint density at radius 1 is 0.522 bits per heavy atom. The van der Waals surface area contributed by atoms with E-state index in [9.17, 15) is 0 Å². The topological polar surface area (TPSA) is 17.0 Å². The molecule has 0 radical (unpaired) electrons. The summed E-state index contributed by atoms with van der Waals surface area (Å²) in [7, 11) is 0.837.